The average Bonchev–Trinajstić information content (AvgIpc) is 2.46. The van der Waals surface area contributed by atoms with Gasteiger partial charge in [-0.3, -0.25) is 0 Å². The standard InChI is InChI=1S/C18H16.Ti/c1-3-7-15-13(5-1)9-11-18-16-8-4-2-6-14(16)10-12-17(15)18;/h1,3,5,7,9-12H,2,4,6,8H2;. The third kappa shape index (κ3) is 2.04. The van der Waals surface area contributed by atoms with Crippen molar-refractivity contribution in [3.8, 4) is 0 Å². The third-order valence-corrected chi connectivity index (χ3v) is 4.26. The van der Waals surface area contributed by atoms with Crippen LogP contribution in [0.4, 0.5) is 0 Å². The Morgan fingerprint density at radius 1 is 0.632 bits per heavy atom. The Hall–Kier alpha value is -1.11. The van der Waals surface area contributed by atoms with E-state index in [0.717, 1.165) is 0 Å². The molecule has 0 unspecified atom stereocenters. The molecule has 0 nitrogen and oxygen atoms in total. The van der Waals surface area contributed by atoms with Crippen LogP contribution in [0.15, 0.2) is 48.5 Å². The Bertz CT molecular complexity index is 743. The van der Waals surface area contributed by atoms with Crippen molar-refractivity contribution in [2.45, 2.75) is 25.7 Å². The van der Waals surface area contributed by atoms with Gasteiger partial charge in [0.15, 0.2) is 0 Å². The van der Waals surface area contributed by atoms with Gasteiger partial charge in [-0.2, -0.15) is 0 Å². The molecule has 0 aromatic heterocycles. The molecule has 0 radical (unpaired) electrons. The summed E-state index contributed by atoms with van der Waals surface area (Å²) in [6.45, 7) is 0. The summed E-state index contributed by atoms with van der Waals surface area (Å²) in [7, 11) is 0. The zero-order valence-electron chi connectivity index (χ0n) is 10.9. The number of hydrogen-bond acceptors (Lipinski definition) is 0. The predicted molar refractivity (Wildman–Crippen MR) is 78.1 cm³/mol. The van der Waals surface area contributed by atoms with Crippen molar-refractivity contribution in [3.63, 3.8) is 0 Å². The number of aryl methyl sites for hydroxylation is 2. The van der Waals surface area contributed by atoms with Gasteiger partial charge in [0.25, 0.3) is 0 Å². The number of rotatable bonds is 0. The second kappa shape index (κ2) is 5.11. The van der Waals surface area contributed by atoms with Crippen LogP contribution >= 0.6 is 0 Å². The molecule has 0 spiro atoms. The summed E-state index contributed by atoms with van der Waals surface area (Å²) >= 11 is 0. The molecular formula is C18H16Ti. The molecule has 0 saturated carbocycles. The molecule has 3 aromatic rings. The maximum atomic E-state index is 2.35. The van der Waals surface area contributed by atoms with Crippen molar-refractivity contribution in [2.75, 3.05) is 0 Å². The van der Waals surface area contributed by atoms with Crippen LogP contribution in [0.1, 0.15) is 24.0 Å². The van der Waals surface area contributed by atoms with E-state index in [1.807, 2.05) is 0 Å². The molecule has 0 aliphatic heterocycles. The first-order valence-corrected chi connectivity index (χ1v) is 6.86. The van der Waals surface area contributed by atoms with Crippen LogP contribution < -0.4 is 0 Å². The zero-order chi connectivity index (χ0) is 11.9. The van der Waals surface area contributed by atoms with Crippen LogP contribution in [0.5, 0.6) is 0 Å². The molecule has 0 fully saturated rings. The summed E-state index contributed by atoms with van der Waals surface area (Å²) in [5, 5.41) is 5.64. The first kappa shape index (κ1) is 12.9. The summed E-state index contributed by atoms with van der Waals surface area (Å²) in [5.74, 6) is 0. The minimum Gasteiger partial charge on any atom is -0.0616 e. The number of hydrogen-bond donors (Lipinski definition) is 0. The molecule has 1 aliphatic rings. The molecule has 0 atom stereocenters. The summed E-state index contributed by atoms with van der Waals surface area (Å²) < 4.78 is 0. The van der Waals surface area contributed by atoms with Crippen LogP contribution in [0, 0.1) is 0 Å². The van der Waals surface area contributed by atoms with Crippen molar-refractivity contribution < 1.29 is 21.7 Å². The first-order chi connectivity index (χ1) is 8.93. The quantitative estimate of drug-likeness (QED) is 0.407. The summed E-state index contributed by atoms with van der Waals surface area (Å²) in [6.07, 6.45) is 5.22. The fourth-order valence-electron chi connectivity index (χ4n) is 3.34. The molecule has 0 bridgehead atoms. The SMILES string of the molecule is [Ti].c1ccc2c(c1)ccc1c3c(ccc12)CCCC3. The molecule has 4 rings (SSSR count). The monoisotopic (exact) mass is 280 g/mol. The van der Waals surface area contributed by atoms with Crippen LogP contribution in [0.3, 0.4) is 0 Å². The van der Waals surface area contributed by atoms with Gasteiger partial charge < -0.3 is 0 Å². The number of fused-ring (bicyclic) bond motifs is 5. The molecule has 1 aliphatic carbocycles. The van der Waals surface area contributed by atoms with E-state index in [-0.39, 0.29) is 21.7 Å². The van der Waals surface area contributed by atoms with Gasteiger partial charge in [0.05, 0.1) is 0 Å². The van der Waals surface area contributed by atoms with Gasteiger partial charge in [-0.1, -0.05) is 48.5 Å². The van der Waals surface area contributed by atoms with Gasteiger partial charge in [-0.25, -0.2) is 0 Å². The molecule has 1 heteroatoms. The van der Waals surface area contributed by atoms with E-state index in [0.29, 0.717) is 0 Å². The minimum absolute atomic E-state index is 0. The third-order valence-electron chi connectivity index (χ3n) is 4.26. The van der Waals surface area contributed by atoms with Crippen LogP contribution in [0.25, 0.3) is 21.5 Å². The van der Waals surface area contributed by atoms with Crippen molar-refractivity contribution in [2.24, 2.45) is 0 Å². The maximum Gasteiger partial charge on any atom is 0 e. The zero-order valence-corrected chi connectivity index (χ0v) is 12.5. The molecule has 0 amide bonds. The molecule has 0 heterocycles. The average molecular weight is 280 g/mol. The largest absolute Gasteiger partial charge is 0.0616 e. The van der Waals surface area contributed by atoms with Crippen molar-refractivity contribution in [1.82, 2.24) is 0 Å². The normalized spacial score (nSPS) is 14.1. The van der Waals surface area contributed by atoms with E-state index in [4.69, 9.17) is 0 Å². The Morgan fingerprint density at radius 3 is 2.37 bits per heavy atom. The summed E-state index contributed by atoms with van der Waals surface area (Å²) in [5.41, 5.74) is 3.17. The van der Waals surface area contributed by atoms with Gasteiger partial charge in [0.1, 0.15) is 0 Å². The van der Waals surface area contributed by atoms with Gasteiger partial charge in [0.2, 0.25) is 0 Å². The van der Waals surface area contributed by atoms with Crippen molar-refractivity contribution in [3.05, 3.63) is 59.7 Å². The summed E-state index contributed by atoms with van der Waals surface area (Å²) in [4.78, 5) is 0. The van der Waals surface area contributed by atoms with E-state index < -0.39 is 0 Å². The predicted octanol–water partition coefficient (Wildman–Crippen LogP) is 4.87. The van der Waals surface area contributed by atoms with Gasteiger partial charge in [0, 0.05) is 21.7 Å². The van der Waals surface area contributed by atoms with Crippen molar-refractivity contribution in [1.29, 1.82) is 0 Å². The number of benzene rings is 3. The molecule has 92 valence electrons. The Balaban J connectivity index is 0.00000110. The molecular weight excluding hydrogens is 264 g/mol. The van der Waals surface area contributed by atoms with E-state index in [1.165, 1.54) is 47.2 Å². The van der Waals surface area contributed by atoms with E-state index in [1.54, 1.807) is 11.1 Å². The molecule has 0 N–H and O–H groups in total. The Labute approximate surface area is 128 Å². The van der Waals surface area contributed by atoms with E-state index in [9.17, 15) is 0 Å². The Morgan fingerprint density at radius 2 is 1.42 bits per heavy atom. The Kier molecular flexibility index (Phi) is 3.47. The second-order valence-electron chi connectivity index (χ2n) is 5.29. The van der Waals surface area contributed by atoms with Gasteiger partial charge >= 0.3 is 0 Å². The first-order valence-electron chi connectivity index (χ1n) is 6.86. The van der Waals surface area contributed by atoms with Crippen LogP contribution in [0.2, 0.25) is 0 Å². The molecule has 0 saturated heterocycles. The van der Waals surface area contributed by atoms with E-state index in [2.05, 4.69) is 48.5 Å². The summed E-state index contributed by atoms with van der Waals surface area (Å²) in [6, 6.07) is 18.0. The molecule has 3 aromatic carbocycles. The smallest absolute Gasteiger partial charge is 0 e. The fourth-order valence-corrected chi connectivity index (χ4v) is 3.34. The molecule has 19 heavy (non-hydrogen) atoms. The topological polar surface area (TPSA) is 0 Å². The van der Waals surface area contributed by atoms with Crippen LogP contribution in [-0.2, 0) is 34.6 Å². The minimum atomic E-state index is 0. The second-order valence-corrected chi connectivity index (χ2v) is 5.29. The van der Waals surface area contributed by atoms with Gasteiger partial charge in [-0.05, 0) is 58.4 Å². The van der Waals surface area contributed by atoms with E-state index >= 15 is 0 Å². The van der Waals surface area contributed by atoms with Crippen molar-refractivity contribution >= 4 is 21.5 Å². The van der Waals surface area contributed by atoms with Crippen LogP contribution in [-0.4, -0.2) is 0 Å². The van der Waals surface area contributed by atoms with Gasteiger partial charge in [-0.15, -0.1) is 0 Å². The maximum absolute atomic E-state index is 2.35. The fraction of sp³-hybridized carbons (Fsp3) is 0.222.